The number of ether oxygens (including phenoxy) is 3. The van der Waals surface area contributed by atoms with Gasteiger partial charge in [0.05, 0.1) is 0 Å². The summed E-state index contributed by atoms with van der Waals surface area (Å²) in [5.41, 5.74) is 0. The van der Waals surface area contributed by atoms with Gasteiger partial charge in [0, 0.05) is 19.3 Å². The second kappa shape index (κ2) is 47.5. The molecule has 6 nitrogen and oxygen atoms in total. The van der Waals surface area contributed by atoms with Crippen LogP contribution in [0.4, 0.5) is 0 Å². The van der Waals surface area contributed by atoms with Crippen molar-refractivity contribution < 1.29 is 28.6 Å². The highest BCUT2D eigenvalue weighted by atomic mass is 16.6. The maximum atomic E-state index is 12.8. The van der Waals surface area contributed by atoms with Crippen LogP contribution in [0.5, 0.6) is 0 Å². The Morgan fingerprint density at radius 3 is 0.881 bits per heavy atom. The molecule has 0 saturated carbocycles. The summed E-state index contributed by atoms with van der Waals surface area (Å²) in [6.07, 6.45) is 49.4. The molecule has 0 saturated heterocycles. The lowest BCUT2D eigenvalue weighted by Crippen LogP contribution is -2.30. The zero-order chi connectivity index (χ0) is 43.1. The fraction of sp³-hybridized carbons (Fsp3) is 0.943. The Balaban J connectivity index is 4.26. The lowest BCUT2D eigenvalue weighted by atomic mass is 9.99. The molecule has 0 aliphatic rings. The Morgan fingerprint density at radius 1 is 0.339 bits per heavy atom. The average Bonchev–Trinajstić information content (AvgIpc) is 3.23. The predicted octanol–water partition coefficient (Wildman–Crippen LogP) is 17.1. The number of rotatable bonds is 48. The molecule has 0 amide bonds. The minimum atomic E-state index is -0.761. The average molecular weight is 835 g/mol. The third kappa shape index (κ3) is 45.8. The largest absolute Gasteiger partial charge is 0.462 e. The molecule has 0 aromatic carbocycles. The van der Waals surface area contributed by atoms with Crippen LogP contribution < -0.4 is 0 Å². The van der Waals surface area contributed by atoms with Gasteiger partial charge < -0.3 is 14.2 Å². The minimum Gasteiger partial charge on any atom is -0.462 e. The predicted molar refractivity (Wildman–Crippen MR) is 252 cm³/mol. The van der Waals surface area contributed by atoms with Gasteiger partial charge in [-0.05, 0) is 25.2 Å². The zero-order valence-electron chi connectivity index (χ0n) is 40.2. The van der Waals surface area contributed by atoms with Crippen molar-refractivity contribution >= 4 is 17.9 Å². The molecule has 0 fully saturated rings. The number of hydrogen-bond acceptors (Lipinski definition) is 6. The van der Waals surface area contributed by atoms with E-state index in [1.807, 2.05) is 0 Å². The summed E-state index contributed by atoms with van der Waals surface area (Å²) in [4.78, 5) is 37.9. The highest BCUT2D eigenvalue weighted by molar-refractivity contribution is 5.71. The first kappa shape index (κ1) is 57.4. The zero-order valence-corrected chi connectivity index (χ0v) is 40.2. The van der Waals surface area contributed by atoms with Gasteiger partial charge in [-0.15, -0.1) is 0 Å². The van der Waals surface area contributed by atoms with Crippen LogP contribution in [-0.4, -0.2) is 37.2 Å². The van der Waals surface area contributed by atoms with Crippen molar-refractivity contribution in [1.82, 2.24) is 0 Å². The van der Waals surface area contributed by atoms with Gasteiger partial charge in [0.15, 0.2) is 6.10 Å². The number of hydrogen-bond donors (Lipinski definition) is 0. The van der Waals surface area contributed by atoms with Crippen LogP contribution in [0.25, 0.3) is 0 Å². The van der Waals surface area contributed by atoms with Gasteiger partial charge in [-0.1, -0.05) is 259 Å². The molecule has 0 heterocycles. The molecule has 0 aromatic rings. The third-order valence-electron chi connectivity index (χ3n) is 12.4. The molecule has 0 aliphatic heterocycles. The summed E-state index contributed by atoms with van der Waals surface area (Å²) in [5.74, 6) is -0.00123. The van der Waals surface area contributed by atoms with Crippen molar-refractivity contribution in [1.29, 1.82) is 0 Å². The van der Waals surface area contributed by atoms with Crippen molar-refractivity contribution in [2.24, 2.45) is 5.92 Å². The van der Waals surface area contributed by atoms with Crippen molar-refractivity contribution in [2.45, 2.75) is 303 Å². The van der Waals surface area contributed by atoms with Gasteiger partial charge in [0.25, 0.3) is 0 Å². The summed E-state index contributed by atoms with van der Waals surface area (Å²) in [6.45, 7) is 9.03. The number of esters is 3. The van der Waals surface area contributed by atoms with Crippen molar-refractivity contribution in [3.8, 4) is 0 Å². The Hall–Kier alpha value is -1.59. The summed E-state index contributed by atoms with van der Waals surface area (Å²) in [6, 6.07) is 0. The van der Waals surface area contributed by atoms with Crippen LogP contribution in [0.2, 0.25) is 0 Å². The van der Waals surface area contributed by atoms with E-state index in [1.54, 1.807) is 0 Å². The van der Waals surface area contributed by atoms with Crippen LogP contribution in [0.15, 0.2) is 0 Å². The Labute approximate surface area is 368 Å². The van der Waals surface area contributed by atoms with Crippen LogP contribution in [0.3, 0.4) is 0 Å². The van der Waals surface area contributed by atoms with E-state index in [0.717, 1.165) is 63.7 Å². The van der Waals surface area contributed by atoms with E-state index in [0.29, 0.717) is 19.3 Å². The maximum absolute atomic E-state index is 12.8. The third-order valence-corrected chi connectivity index (χ3v) is 12.4. The Bertz CT molecular complexity index is 889. The van der Waals surface area contributed by atoms with Gasteiger partial charge >= 0.3 is 17.9 Å². The molecule has 6 heteroatoms. The molecular weight excluding hydrogens is 733 g/mol. The SMILES string of the molecule is CCCCCCCCCCCCCCCCCCCCC(=O)OC[C@H](COC(=O)CCCCCCCCCCCCC)OC(=O)CCCCCCCCCCC(C)CC. The molecule has 0 bridgehead atoms. The standard InChI is InChI=1S/C53H102O6/c1-5-8-10-12-14-16-18-19-20-21-22-23-24-26-28-33-37-41-45-52(55)58-48-50(47-57-51(54)44-40-36-32-27-25-17-15-13-11-9-6-2)59-53(56)46-42-38-34-30-29-31-35-39-43-49(4)7-3/h49-50H,5-48H2,1-4H3/t49?,50-/m0/s1. The van der Waals surface area contributed by atoms with Gasteiger partial charge in [-0.25, -0.2) is 0 Å². The summed E-state index contributed by atoms with van der Waals surface area (Å²) < 4.78 is 16.8. The van der Waals surface area contributed by atoms with E-state index < -0.39 is 6.10 Å². The quantitative estimate of drug-likeness (QED) is 0.0345. The summed E-state index contributed by atoms with van der Waals surface area (Å²) >= 11 is 0. The molecule has 0 aromatic heterocycles. The van der Waals surface area contributed by atoms with Crippen molar-refractivity contribution in [3.63, 3.8) is 0 Å². The highest BCUT2D eigenvalue weighted by Crippen LogP contribution is 2.18. The lowest BCUT2D eigenvalue weighted by Gasteiger charge is -2.18. The molecule has 1 unspecified atom stereocenters. The monoisotopic (exact) mass is 835 g/mol. The molecular formula is C53H102O6. The van der Waals surface area contributed by atoms with E-state index >= 15 is 0 Å². The Morgan fingerprint density at radius 2 is 0.593 bits per heavy atom. The highest BCUT2D eigenvalue weighted by Gasteiger charge is 2.19. The number of unbranched alkanes of at least 4 members (excludes halogenated alkanes) is 34. The first-order valence-electron chi connectivity index (χ1n) is 26.4. The first-order valence-corrected chi connectivity index (χ1v) is 26.4. The second-order valence-corrected chi connectivity index (χ2v) is 18.4. The van der Waals surface area contributed by atoms with Gasteiger partial charge in [0.1, 0.15) is 13.2 Å². The van der Waals surface area contributed by atoms with Crippen molar-refractivity contribution in [2.75, 3.05) is 13.2 Å². The maximum Gasteiger partial charge on any atom is 0.306 e. The summed E-state index contributed by atoms with van der Waals surface area (Å²) in [7, 11) is 0. The smallest absolute Gasteiger partial charge is 0.306 e. The molecule has 350 valence electrons. The fourth-order valence-corrected chi connectivity index (χ4v) is 8.01. The van der Waals surface area contributed by atoms with Crippen LogP contribution in [0.1, 0.15) is 297 Å². The van der Waals surface area contributed by atoms with Crippen LogP contribution >= 0.6 is 0 Å². The number of carbonyl (C=O) groups excluding carboxylic acids is 3. The van der Waals surface area contributed by atoms with E-state index in [9.17, 15) is 14.4 Å². The molecule has 0 aliphatic carbocycles. The fourth-order valence-electron chi connectivity index (χ4n) is 8.01. The van der Waals surface area contributed by atoms with E-state index in [1.165, 1.54) is 193 Å². The van der Waals surface area contributed by atoms with E-state index in [-0.39, 0.29) is 31.1 Å². The molecule has 0 rings (SSSR count). The Kier molecular flexibility index (Phi) is 46.2. The topological polar surface area (TPSA) is 78.9 Å². The first-order chi connectivity index (χ1) is 28.9. The van der Waals surface area contributed by atoms with Crippen LogP contribution in [0, 0.1) is 5.92 Å². The van der Waals surface area contributed by atoms with Crippen molar-refractivity contribution in [3.05, 3.63) is 0 Å². The molecule has 0 N–H and O–H groups in total. The molecule has 59 heavy (non-hydrogen) atoms. The van der Waals surface area contributed by atoms with Gasteiger partial charge in [-0.3, -0.25) is 14.4 Å². The lowest BCUT2D eigenvalue weighted by molar-refractivity contribution is -0.167. The van der Waals surface area contributed by atoms with Gasteiger partial charge in [-0.2, -0.15) is 0 Å². The van der Waals surface area contributed by atoms with E-state index in [4.69, 9.17) is 14.2 Å². The van der Waals surface area contributed by atoms with E-state index in [2.05, 4.69) is 27.7 Å². The normalized spacial score (nSPS) is 12.4. The number of carbonyl (C=O) groups is 3. The van der Waals surface area contributed by atoms with Crippen LogP contribution in [-0.2, 0) is 28.6 Å². The summed E-state index contributed by atoms with van der Waals surface area (Å²) in [5, 5.41) is 0. The minimum absolute atomic E-state index is 0.0631. The molecule has 0 radical (unpaired) electrons. The molecule has 2 atom stereocenters. The second-order valence-electron chi connectivity index (χ2n) is 18.4. The van der Waals surface area contributed by atoms with Gasteiger partial charge in [0.2, 0.25) is 0 Å². The molecule has 0 spiro atoms.